The number of pyridine rings is 1. The Bertz CT molecular complexity index is 695. The van der Waals surface area contributed by atoms with E-state index >= 15 is 0 Å². The van der Waals surface area contributed by atoms with Gasteiger partial charge in [0, 0.05) is 18.0 Å². The molecular formula is C11H9N5S2. The summed E-state index contributed by atoms with van der Waals surface area (Å²) in [6, 6.07) is 3.86. The molecule has 0 saturated carbocycles. The maximum absolute atomic E-state index is 5.68. The molecule has 0 saturated heterocycles. The molecule has 2 N–H and O–H groups in total. The largest absolute Gasteiger partial charge is 0.368 e. The molecule has 0 aliphatic heterocycles. The molecule has 18 heavy (non-hydrogen) atoms. The Labute approximate surface area is 112 Å². The van der Waals surface area contributed by atoms with Crippen molar-refractivity contribution in [1.82, 2.24) is 19.9 Å². The Morgan fingerprint density at radius 2 is 2.17 bits per heavy atom. The Kier molecular flexibility index (Phi) is 2.85. The second-order valence-corrected chi connectivity index (χ2v) is 5.28. The highest BCUT2D eigenvalue weighted by molar-refractivity contribution is 7.98. The van der Waals surface area contributed by atoms with E-state index in [0.29, 0.717) is 0 Å². The monoisotopic (exact) mass is 275 g/mol. The standard InChI is InChI=1S/C11H9N5S2/c1-17-9-7-10(16-11(12)15-9)18-8(14-7)6-3-2-4-13-5-6/h2-5H,1H3,(H2,12,15,16). The van der Waals surface area contributed by atoms with E-state index in [1.165, 1.54) is 23.1 Å². The molecule has 0 unspecified atom stereocenters. The van der Waals surface area contributed by atoms with Crippen molar-refractivity contribution in [2.24, 2.45) is 0 Å². The second kappa shape index (κ2) is 4.51. The number of fused-ring (bicyclic) bond motifs is 1. The molecule has 90 valence electrons. The number of thiazole rings is 1. The van der Waals surface area contributed by atoms with Crippen LogP contribution >= 0.6 is 23.1 Å². The zero-order valence-electron chi connectivity index (χ0n) is 9.49. The molecule has 7 heteroatoms. The lowest BCUT2D eigenvalue weighted by molar-refractivity contribution is 1.11. The number of anilines is 1. The van der Waals surface area contributed by atoms with Gasteiger partial charge >= 0.3 is 0 Å². The molecule has 3 rings (SSSR count). The third-order valence-electron chi connectivity index (χ3n) is 2.35. The van der Waals surface area contributed by atoms with Gasteiger partial charge in [-0.05, 0) is 18.4 Å². The highest BCUT2D eigenvalue weighted by Gasteiger charge is 2.12. The smallest absolute Gasteiger partial charge is 0.222 e. The Balaban J connectivity index is 2.23. The van der Waals surface area contributed by atoms with Crippen LogP contribution in [0.3, 0.4) is 0 Å². The molecule has 3 aromatic rings. The topological polar surface area (TPSA) is 77.6 Å². The fourth-order valence-electron chi connectivity index (χ4n) is 1.57. The quantitative estimate of drug-likeness (QED) is 0.572. The van der Waals surface area contributed by atoms with E-state index in [-0.39, 0.29) is 5.95 Å². The summed E-state index contributed by atoms with van der Waals surface area (Å²) in [4.78, 5) is 17.9. The number of nitrogens with zero attached hydrogens (tertiary/aromatic N) is 4. The van der Waals surface area contributed by atoms with E-state index in [1.807, 2.05) is 18.4 Å². The summed E-state index contributed by atoms with van der Waals surface area (Å²) in [5, 5.41) is 1.69. The lowest BCUT2D eigenvalue weighted by atomic mass is 10.3. The van der Waals surface area contributed by atoms with Crippen molar-refractivity contribution in [3.8, 4) is 10.6 Å². The Morgan fingerprint density at radius 3 is 2.89 bits per heavy atom. The predicted octanol–water partition coefficient (Wildman–Crippen LogP) is 2.45. The highest BCUT2D eigenvalue weighted by Crippen LogP contribution is 2.32. The number of hydrogen-bond donors (Lipinski definition) is 1. The van der Waals surface area contributed by atoms with Gasteiger partial charge in [-0.3, -0.25) is 4.98 Å². The molecule has 0 aliphatic carbocycles. The first-order valence-corrected chi connectivity index (χ1v) is 7.20. The number of nitrogen functional groups attached to an aromatic ring is 1. The molecule has 0 spiro atoms. The average molecular weight is 275 g/mol. The minimum absolute atomic E-state index is 0.285. The summed E-state index contributed by atoms with van der Waals surface area (Å²) in [5.74, 6) is 0.285. The van der Waals surface area contributed by atoms with Gasteiger partial charge in [0.05, 0.1) is 0 Å². The van der Waals surface area contributed by atoms with Crippen LogP contribution in [0.25, 0.3) is 20.9 Å². The summed E-state index contributed by atoms with van der Waals surface area (Å²) in [7, 11) is 0. The summed E-state index contributed by atoms with van der Waals surface area (Å²) in [6.45, 7) is 0. The minimum Gasteiger partial charge on any atom is -0.368 e. The van der Waals surface area contributed by atoms with Gasteiger partial charge in [0.25, 0.3) is 0 Å². The molecule has 0 amide bonds. The van der Waals surface area contributed by atoms with E-state index in [2.05, 4.69) is 19.9 Å². The minimum atomic E-state index is 0.285. The maximum atomic E-state index is 5.68. The number of rotatable bonds is 2. The van der Waals surface area contributed by atoms with Gasteiger partial charge in [-0.2, -0.15) is 0 Å². The van der Waals surface area contributed by atoms with Gasteiger partial charge in [0.2, 0.25) is 5.95 Å². The number of aromatic nitrogens is 4. The Hall–Kier alpha value is -1.73. The lowest BCUT2D eigenvalue weighted by Gasteiger charge is -1.96. The van der Waals surface area contributed by atoms with Gasteiger partial charge in [0.15, 0.2) is 4.83 Å². The number of thioether (sulfide) groups is 1. The van der Waals surface area contributed by atoms with Crippen molar-refractivity contribution in [3.63, 3.8) is 0 Å². The molecular weight excluding hydrogens is 266 g/mol. The zero-order chi connectivity index (χ0) is 12.5. The van der Waals surface area contributed by atoms with Crippen LogP contribution in [-0.4, -0.2) is 26.2 Å². The summed E-state index contributed by atoms with van der Waals surface area (Å²) < 4.78 is 0. The fourth-order valence-corrected chi connectivity index (χ4v) is 3.09. The summed E-state index contributed by atoms with van der Waals surface area (Å²) >= 11 is 3.02. The normalized spacial score (nSPS) is 10.9. The van der Waals surface area contributed by atoms with E-state index in [9.17, 15) is 0 Å². The van der Waals surface area contributed by atoms with Crippen molar-refractivity contribution >= 4 is 39.4 Å². The molecule has 0 aliphatic rings. The van der Waals surface area contributed by atoms with Crippen molar-refractivity contribution in [3.05, 3.63) is 24.5 Å². The van der Waals surface area contributed by atoms with Crippen LogP contribution in [-0.2, 0) is 0 Å². The van der Waals surface area contributed by atoms with Crippen molar-refractivity contribution in [1.29, 1.82) is 0 Å². The molecule has 0 fully saturated rings. The SMILES string of the molecule is CSc1nc(N)nc2sc(-c3cccnc3)nc12. The predicted molar refractivity (Wildman–Crippen MR) is 74.6 cm³/mol. The van der Waals surface area contributed by atoms with Gasteiger partial charge in [-0.15, -0.1) is 11.8 Å². The first kappa shape index (κ1) is 11.4. The molecule has 0 radical (unpaired) electrons. The van der Waals surface area contributed by atoms with Crippen LogP contribution in [0.4, 0.5) is 5.95 Å². The highest BCUT2D eigenvalue weighted by atomic mass is 32.2. The first-order chi connectivity index (χ1) is 8.78. The van der Waals surface area contributed by atoms with E-state index in [1.54, 1.807) is 12.4 Å². The van der Waals surface area contributed by atoms with Gasteiger partial charge in [0.1, 0.15) is 15.6 Å². The van der Waals surface area contributed by atoms with Gasteiger partial charge in [-0.1, -0.05) is 11.3 Å². The molecule has 3 aromatic heterocycles. The molecule has 0 aromatic carbocycles. The third-order valence-corrected chi connectivity index (χ3v) is 4.02. The summed E-state index contributed by atoms with van der Waals surface area (Å²) in [6.07, 6.45) is 5.47. The van der Waals surface area contributed by atoms with Crippen LogP contribution in [0.2, 0.25) is 0 Å². The number of nitrogens with two attached hydrogens (primary N) is 1. The van der Waals surface area contributed by atoms with Crippen LogP contribution in [0.15, 0.2) is 29.6 Å². The van der Waals surface area contributed by atoms with Gasteiger partial charge < -0.3 is 5.73 Å². The van der Waals surface area contributed by atoms with Crippen LogP contribution in [0, 0.1) is 0 Å². The zero-order valence-corrected chi connectivity index (χ0v) is 11.1. The van der Waals surface area contributed by atoms with Crippen molar-refractivity contribution in [2.75, 3.05) is 12.0 Å². The molecule has 3 heterocycles. The summed E-state index contributed by atoms with van der Waals surface area (Å²) in [5.41, 5.74) is 7.46. The third kappa shape index (κ3) is 1.91. The van der Waals surface area contributed by atoms with Crippen LogP contribution in [0.5, 0.6) is 0 Å². The molecule has 5 nitrogen and oxygen atoms in total. The number of hydrogen-bond acceptors (Lipinski definition) is 7. The maximum Gasteiger partial charge on any atom is 0.222 e. The van der Waals surface area contributed by atoms with E-state index in [0.717, 1.165) is 25.9 Å². The van der Waals surface area contributed by atoms with Crippen LogP contribution in [0.1, 0.15) is 0 Å². The van der Waals surface area contributed by atoms with E-state index in [4.69, 9.17) is 5.73 Å². The second-order valence-electron chi connectivity index (χ2n) is 3.51. The first-order valence-electron chi connectivity index (χ1n) is 5.16. The van der Waals surface area contributed by atoms with E-state index < -0.39 is 0 Å². The molecule has 0 atom stereocenters. The fraction of sp³-hybridized carbons (Fsp3) is 0.0909. The lowest BCUT2D eigenvalue weighted by Crippen LogP contribution is -1.95. The van der Waals surface area contributed by atoms with Crippen molar-refractivity contribution < 1.29 is 0 Å². The Morgan fingerprint density at radius 1 is 1.28 bits per heavy atom. The average Bonchev–Trinajstić information content (AvgIpc) is 2.82. The molecule has 0 bridgehead atoms. The van der Waals surface area contributed by atoms with Crippen molar-refractivity contribution in [2.45, 2.75) is 5.03 Å². The van der Waals surface area contributed by atoms with Crippen LogP contribution < -0.4 is 5.73 Å². The van der Waals surface area contributed by atoms with Gasteiger partial charge in [-0.25, -0.2) is 15.0 Å².